The number of carbonyl (C=O) groups excluding carboxylic acids is 1. The van der Waals surface area contributed by atoms with E-state index in [1.165, 1.54) is 11.1 Å². The summed E-state index contributed by atoms with van der Waals surface area (Å²) in [4.78, 5) is 11.6. The molecular formula is C14H20O. The summed E-state index contributed by atoms with van der Waals surface area (Å²) < 4.78 is 0. The Balaban J connectivity index is 2.35. The third-order valence-corrected chi connectivity index (χ3v) is 3.53. The van der Waals surface area contributed by atoms with Crippen molar-refractivity contribution in [1.82, 2.24) is 0 Å². The molecule has 0 atom stereocenters. The first-order chi connectivity index (χ1) is 6.98. The molecule has 0 amide bonds. The summed E-state index contributed by atoms with van der Waals surface area (Å²) in [5.74, 6) is 0.399. The molecule has 0 saturated carbocycles. The molecule has 0 saturated heterocycles. The van der Waals surface area contributed by atoms with E-state index in [0.29, 0.717) is 5.78 Å². The molecule has 82 valence electrons. The van der Waals surface area contributed by atoms with E-state index < -0.39 is 0 Å². The molecule has 0 bridgehead atoms. The molecule has 0 aromatic heterocycles. The minimum Gasteiger partial charge on any atom is -0.295 e. The highest BCUT2D eigenvalue weighted by molar-refractivity contribution is 5.99. The zero-order valence-electron chi connectivity index (χ0n) is 10.0. The molecule has 2 rings (SSSR count). The Morgan fingerprint density at radius 2 is 1.80 bits per heavy atom. The monoisotopic (exact) mass is 204 g/mol. The van der Waals surface area contributed by atoms with Crippen LogP contribution < -0.4 is 0 Å². The lowest BCUT2D eigenvalue weighted by molar-refractivity contribution is -0.115. The zero-order valence-corrected chi connectivity index (χ0v) is 10.0. The lowest BCUT2D eigenvalue weighted by Gasteiger charge is -2.22. The third kappa shape index (κ3) is 2.06. The van der Waals surface area contributed by atoms with Crippen LogP contribution in [-0.4, -0.2) is 5.78 Å². The molecule has 0 unspecified atom stereocenters. The van der Waals surface area contributed by atoms with Crippen LogP contribution in [0.4, 0.5) is 0 Å². The van der Waals surface area contributed by atoms with Crippen molar-refractivity contribution in [2.24, 2.45) is 5.41 Å². The minimum absolute atomic E-state index is 0.258. The van der Waals surface area contributed by atoms with Gasteiger partial charge in [-0.2, -0.15) is 0 Å². The molecule has 15 heavy (non-hydrogen) atoms. The minimum atomic E-state index is 0.258. The fourth-order valence-corrected chi connectivity index (χ4v) is 2.52. The normalized spacial score (nSPS) is 22.6. The first-order valence-corrected chi connectivity index (χ1v) is 5.95. The molecule has 0 heterocycles. The Hall–Kier alpha value is -0.850. The van der Waals surface area contributed by atoms with E-state index in [1.54, 1.807) is 0 Å². The van der Waals surface area contributed by atoms with Gasteiger partial charge in [0.1, 0.15) is 0 Å². The second-order valence-corrected chi connectivity index (χ2v) is 5.70. The van der Waals surface area contributed by atoms with Crippen LogP contribution in [0.15, 0.2) is 22.8 Å². The van der Waals surface area contributed by atoms with Crippen molar-refractivity contribution in [1.29, 1.82) is 0 Å². The molecular weight excluding hydrogens is 184 g/mol. The van der Waals surface area contributed by atoms with Crippen LogP contribution in [-0.2, 0) is 4.79 Å². The molecule has 2 aliphatic rings. The Morgan fingerprint density at radius 1 is 1.07 bits per heavy atom. The number of allylic oxidation sites excluding steroid dienone is 4. The van der Waals surface area contributed by atoms with Gasteiger partial charge in [0.05, 0.1) is 0 Å². The topological polar surface area (TPSA) is 17.1 Å². The maximum atomic E-state index is 11.6. The summed E-state index contributed by atoms with van der Waals surface area (Å²) >= 11 is 0. The average molecular weight is 204 g/mol. The van der Waals surface area contributed by atoms with Gasteiger partial charge in [0, 0.05) is 6.42 Å². The van der Waals surface area contributed by atoms with Crippen LogP contribution in [0.1, 0.15) is 52.9 Å². The lowest BCUT2D eigenvalue weighted by atomic mass is 9.83. The molecule has 0 aliphatic heterocycles. The van der Waals surface area contributed by atoms with E-state index >= 15 is 0 Å². The predicted molar refractivity (Wildman–Crippen MR) is 62.7 cm³/mol. The molecule has 0 fully saturated rings. The SMILES string of the molecule is CC(C)(C)C1=CC2=C(CCC1)C(=O)CC2. The van der Waals surface area contributed by atoms with Crippen LogP contribution in [0.2, 0.25) is 0 Å². The molecule has 0 spiro atoms. The van der Waals surface area contributed by atoms with Crippen LogP contribution in [0.25, 0.3) is 0 Å². The van der Waals surface area contributed by atoms with E-state index in [-0.39, 0.29) is 5.41 Å². The van der Waals surface area contributed by atoms with Gasteiger partial charge in [0.2, 0.25) is 0 Å². The Kier molecular flexibility index (Phi) is 2.57. The third-order valence-electron chi connectivity index (χ3n) is 3.53. The largest absolute Gasteiger partial charge is 0.295 e. The zero-order chi connectivity index (χ0) is 11.1. The van der Waals surface area contributed by atoms with Gasteiger partial charge in [-0.05, 0) is 42.2 Å². The predicted octanol–water partition coefficient (Wildman–Crippen LogP) is 3.80. The summed E-state index contributed by atoms with van der Waals surface area (Å²) in [6.45, 7) is 6.80. The van der Waals surface area contributed by atoms with E-state index in [4.69, 9.17) is 0 Å². The van der Waals surface area contributed by atoms with Gasteiger partial charge in [0.15, 0.2) is 5.78 Å². The van der Waals surface area contributed by atoms with Crippen LogP contribution in [0, 0.1) is 5.41 Å². The molecule has 1 heteroatoms. The smallest absolute Gasteiger partial charge is 0.159 e. The summed E-state index contributed by atoms with van der Waals surface area (Å²) in [7, 11) is 0. The van der Waals surface area contributed by atoms with Gasteiger partial charge >= 0.3 is 0 Å². The van der Waals surface area contributed by atoms with Crippen molar-refractivity contribution in [3.8, 4) is 0 Å². The van der Waals surface area contributed by atoms with Crippen molar-refractivity contribution in [3.05, 3.63) is 22.8 Å². The fraction of sp³-hybridized carbons (Fsp3) is 0.643. The van der Waals surface area contributed by atoms with Crippen molar-refractivity contribution in [2.45, 2.75) is 52.9 Å². The summed E-state index contributed by atoms with van der Waals surface area (Å²) in [6.07, 6.45) is 7.35. The summed E-state index contributed by atoms with van der Waals surface area (Å²) in [5, 5.41) is 0. The number of Topliss-reactive ketones (excluding diaryl/α,β-unsaturated/α-hetero) is 1. The molecule has 2 aliphatic carbocycles. The Morgan fingerprint density at radius 3 is 2.47 bits per heavy atom. The van der Waals surface area contributed by atoms with E-state index in [9.17, 15) is 4.79 Å². The highest BCUT2D eigenvalue weighted by Gasteiger charge is 2.26. The standard InChI is InChI=1S/C14H20O/c1-14(2,3)11-5-4-6-12-10(9-11)7-8-13(12)15/h9H,4-8H2,1-3H3. The van der Waals surface area contributed by atoms with Gasteiger partial charge in [-0.15, -0.1) is 0 Å². The number of carbonyl (C=O) groups is 1. The second kappa shape index (κ2) is 3.62. The number of rotatable bonds is 0. The quantitative estimate of drug-likeness (QED) is 0.586. The fourth-order valence-electron chi connectivity index (χ4n) is 2.52. The highest BCUT2D eigenvalue weighted by Crippen LogP contribution is 2.38. The number of hydrogen-bond donors (Lipinski definition) is 0. The van der Waals surface area contributed by atoms with Gasteiger partial charge in [-0.25, -0.2) is 0 Å². The average Bonchev–Trinajstić information content (AvgIpc) is 2.38. The second-order valence-electron chi connectivity index (χ2n) is 5.70. The van der Waals surface area contributed by atoms with Crippen LogP contribution in [0.3, 0.4) is 0 Å². The molecule has 0 aromatic rings. The molecule has 0 radical (unpaired) electrons. The summed E-state index contributed by atoms with van der Waals surface area (Å²) in [5.41, 5.74) is 4.24. The van der Waals surface area contributed by atoms with Crippen LogP contribution >= 0.6 is 0 Å². The van der Waals surface area contributed by atoms with E-state index in [2.05, 4.69) is 26.8 Å². The van der Waals surface area contributed by atoms with Gasteiger partial charge < -0.3 is 0 Å². The number of ketones is 1. The van der Waals surface area contributed by atoms with Gasteiger partial charge in [0.25, 0.3) is 0 Å². The maximum Gasteiger partial charge on any atom is 0.159 e. The highest BCUT2D eigenvalue weighted by atomic mass is 16.1. The van der Waals surface area contributed by atoms with Crippen molar-refractivity contribution >= 4 is 5.78 Å². The lowest BCUT2D eigenvalue weighted by Crippen LogP contribution is -2.09. The van der Waals surface area contributed by atoms with Crippen molar-refractivity contribution in [3.63, 3.8) is 0 Å². The van der Waals surface area contributed by atoms with Crippen molar-refractivity contribution in [2.75, 3.05) is 0 Å². The molecule has 0 aromatic carbocycles. The summed E-state index contributed by atoms with van der Waals surface area (Å²) in [6, 6.07) is 0. The first-order valence-electron chi connectivity index (χ1n) is 5.95. The first kappa shape index (κ1) is 10.7. The van der Waals surface area contributed by atoms with E-state index in [0.717, 1.165) is 37.7 Å². The maximum absolute atomic E-state index is 11.6. The van der Waals surface area contributed by atoms with E-state index in [1.807, 2.05) is 0 Å². The van der Waals surface area contributed by atoms with Crippen LogP contribution in [0.5, 0.6) is 0 Å². The van der Waals surface area contributed by atoms with Gasteiger partial charge in [-0.3, -0.25) is 4.79 Å². The van der Waals surface area contributed by atoms with Gasteiger partial charge in [-0.1, -0.05) is 32.4 Å². The Bertz CT molecular complexity index is 350. The van der Waals surface area contributed by atoms with Crippen molar-refractivity contribution < 1.29 is 4.79 Å². The number of hydrogen-bond acceptors (Lipinski definition) is 1. The Labute approximate surface area is 92.3 Å². The molecule has 0 N–H and O–H groups in total. The molecule has 1 nitrogen and oxygen atoms in total.